The first-order valence-corrected chi connectivity index (χ1v) is 5.19. The molecule has 1 N–H and O–H groups in total. The highest BCUT2D eigenvalue weighted by atomic mass is 32.2. The molecule has 0 bridgehead atoms. The van der Waals surface area contributed by atoms with Gasteiger partial charge >= 0.3 is 11.2 Å². The molecule has 0 aromatic rings. The molecular weight excluding hydrogens is 198 g/mol. The summed E-state index contributed by atoms with van der Waals surface area (Å²) in [4.78, 5) is 10.1. The van der Waals surface area contributed by atoms with Gasteiger partial charge in [-0.2, -0.15) is 8.78 Å². The van der Waals surface area contributed by atoms with Crippen molar-refractivity contribution in [2.45, 2.75) is 42.6 Å². The minimum absolute atomic E-state index is 0.181. The zero-order valence-corrected chi connectivity index (χ0v) is 7.95. The largest absolute Gasteiger partial charge is 0.476 e. The van der Waals surface area contributed by atoms with Gasteiger partial charge in [-0.1, -0.05) is 31.0 Å². The van der Waals surface area contributed by atoms with E-state index in [1.807, 2.05) is 0 Å². The van der Waals surface area contributed by atoms with E-state index in [0.29, 0.717) is 24.6 Å². The van der Waals surface area contributed by atoms with E-state index in [1.54, 1.807) is 0 Å². The lowest BCUT2D eigenvalue weighted by molar-refractivity contribution is -0.152. The average molecular weight is 210 g/mol. The minimum atomic E-state index is -3.61. The Morgan fingerprint density at radius 3 is 2.31 bits per heavy atom. The molecule has 0 aromatic heterocycles. The number of thioether (sulfide) groups is 1. The zero-order chi connectivity index (χ0) is 9.90. The lowest BCUT2D eigenvalue weighted by Crippen LogP contribution is -2.27. The summed E-state index contributed by atoms with van der Waals surface area (Å²) in [6, 6.07) is 0. The monoisotopic (exact) mass is 210 g/mol. The number of hydrogen-bond acceptors (Lipinski definition) is 2. The molecule has 1 aliphatic rings. The molecule has 0 amide bonds. The summed E-state index contributed by atoms with van der Waals surface area (Å²) in [5, 5.41) is 4.41. The maximum Gasteiger partial charge on any atom is 0.389 e. The Balaban J connectivity index is 2.41. The van der Waals surface area contributed by atoms with Crippen LogP contribution in [0.2, 0.25) is 0 Å². The third-order valence-corrected chi connectivity index (χ3v) is 3.39. The second-order valence-corrected chi connectivity index (χ2v) is 4.61. The summed E-state index contributed by atoms with van der Waals surface area (Å²) in [6.45, 7) is 0. The number of carboxylic acid groups (broad SMARTS) is 1. The highest BCUT2D eigenvalue weighted by Crippen LogP contribution is 2.39. The van der Waals surface area contributed by atoms with Gasteiger partial charge in [0, 0.05) is 5.25 Å². The molecule has 0 unspecified atom stereocenters. The molecule has 0 aromatic carbocycles. The fourth-order valence-corrected chi connectivity index (χ4v) is 2.53. The van der Waals surface area contributed by atoms with E-state index >= 15 is 0 Å². The van der Waals surface area contributed by atoms with Gasteiger partial charge in [-0.25, -0.2) is 4.79 Å². The number of alkyl halides is 2. The standard InChI is InChI=1S/C8H12F2O2S/c9-8(10,7(11)12)13-6-4-2-1-3-5-6/h6H,1-5H2,(H,11,12). The molecule has 0 atom stereocenters. The maximum atomic E-state index is 12.7. The van der Waals surface area contributed by atoms with E-state index in [2.05, 4.69) is 0 Å². The fraction of sp³-hybridized carbons (Fsp3) is 0.875. The molecule has 1 saturated carbocycles. The predicted octanol–water partition coefficient (Wildman–Crippen LogP) is 2.73. The molecule has 0 saturated heterocycles. The Bertz CT molecular complexity index is 191. The van der Waals surface area contributed by atoms with Crippen molar-refractivity contribution in [1.82, 2.24) is 0 Å². The van der Waals surface area contributed by atoms with E-state index in [0.717, 1.165) is 19.3 Å². The first-order chi connectivity index (χ1) is 6.02. The topological polar surface area (TPSA) is 37.3 Å². The Kier molecular flexibility index (Phi) is 3.53. The molecule has 0 heterocycles. The van der Waals surface area contributed by atoms with Crippen molar-refractivity contribution in [1.29, 1.82) is 0 Å². The fourth-order valence-electron chi connectivity index (χ4n) is 1.44. The molecular formula is C8H12F2O2S. The number of carboxylic acids is 1. The van der Waals surface area contributed by atoms with Crippen LogP contribution in [-0.2, 0) is 4.79 Å². The van der Waals surface area contributed by atoms with Crippen LogP contribution in [0.25, 0.3) is 0 Å². The summed E-state index contributed by atoms with van der Waals surface area (Å²) >= 11 is 0.298. The Labute approximate surface area is 79.7 Å². The second-order valence-electron chi connectivity index (χ2n) is 3.20. The normalized spacial score (nSPS) is 20.2. The molecule has 0 spiro atoms. The van der Waals surface area contributed by atoms with Gasteiger partial charge in [-0.05, 0) is 12.8 Å². The van der Waals surface area contributed by atoms with Crippen molar-refractivity contribution in [3.05, 3.63) is 0 Å². The molecule has 5 heteroatoms. The minimum Gasteiger partial charge on any atom is -0.476 e. The summed E-state index contributed by atoms with van der Waals surface area (Å²) in [5.41, 5.74) is 0. The molecule has 2 nitrogen and oxygen atoms in total. The number of rotatable bonds is 3. The van der Waals surface area contributed by atoms with Crippen LogP contribution in [0.3, 0.4) is 0 Å². The molecule has 76 valence electrons. The van der Waals surface area contributed by atoms with Crippen LogP contribution in [0, 0.1) is 0 Å². The van der Waals surface area contributed by atoms with E-state index in [1.165, 1.54) is 0 Å². The van der Waals surface area contributed by atoms with Crippen molar-refractivity contribution in [2.24, 2.45) is 0 Å². The quantitative estimate of drug-likeness (QED) is 0.778. The highest BCUT2D eigenvalue weighted by molar-refractivity contribution is 8.01. The van der Waals surface area contributed by atoms with Crippen molar-refractivity contribution in [2.75, 3.05) is 0 Å². The second kappa shape index (κ2) is 4.26. The number of aliphatic carboxylic acids is 1. The summed E-state index contributed by atoms with van der Waals surface area (Å²) in [7, 11) is 0. The van der Waals surface area contributed by atoms with E-state index in [-0.39, 0.29) is 5.25 Å². The Morgan fingerprint density at radius 2 is 1.85 bits per heavy atom. The number of halogens is 2. The van der Waals surface area contributed by atoms with Gasteiger partial charge < -0.3 is 5.11 Å². The van der Waals surface area contributed by atoms with Crippen LogP contribution in [0.4, 0.5) is 8.78 Å². The molecule has 0 radical (unpaired) electrons. The number of hydrogen-bond donors (Lipinski definition) is 1. The van der Waals surface area contributed by atoms with Gasteiger partial charge in [0.15, 0.2) is 0 Å². The van der Waals surface area contributed by atoms with Gasteiger partial charge in [-0.3, -0.25) is 0 Å². The van der Waals surface area contributed by atoms with Gasteiger partial charge in [0.1, 0.15) is 0 Å². The lowest BCUT2D eigenvalue weighted by atomic mass is 10.0. The van der Waals surface area contributed by atoms with E-state index in [9.17, 15) is 13.6 Å². The number of carbonyl (C=O) groups is 1. The van der Waals surface area contributed by atoms with Gasteiger partial charge in [0.05, 0.1) is 0 Å². The molecule has 1 rings (SSSR count). The average Bonchev–Trinajstić information content (AvgIpc) is 2.05. The summed E-state index contributed by atoms with van der Waals surface area (Å²) < 4.78 is 25.4. The zero-order valence-electron chi connectivity index (χ0n) is 7.13. The van der Waals surface area contributed by atoms with Crippen LogP contribution in [0.5, 0.6) is 0 Å². The van der Waals surface area contributed by atoms with Crippen molar-refractivity contribution in [3.8, 4) is 0 Å². The third kappa shape index (κ3) is 3.14. The van der Waals surface area contributed by atoms with Crippen LogP contribution in [0.1, 0.15) is 32.1 Å². The SMILES string of the molecule is O=C(O)C(F)(F)SC1CCCCC1. The first-order valence-electron chi connectivity index (χ1n) is 4.31. The van der Waals surface area contributed by atoms with Crippen LogP contribution in [0.15, 0.2) is 0 Å². The van der Waals surface area contributed by atoms with Gasteiger partial charge in [0.2, 0.25) is 0 Å². The van der Waals surface area contributed by atoms with Crippen molar-refractivity contribution < 1.29 is 18.7 Å². The smallest absolute Gasteiger partial charge is 0.389 e. The summed E-state index contributed by atoms with van der Waals surface area (Å²) in [6.07, 6.45) is 4.39. The highest BCUT2D eigenvalue weighted by Gasteiger charge is 2.42. The molecule has 1 fully saturated rings. The Morgan fingerprint density at radius 1 is 1.31 bits per heavy atom. The maximum absolute atomic E-state index is 12.7. The van der Waals surface area contributed by atoms with E-state index in [4.69, 9.17) is 5.11 Å². The predicted molar refractivity (Wildman–Crippen MR) is 47.0 cm³/mol. The van der Waals surface area contributed by atoms with Crippen LogP contribution in [-0.4, -0.2) is 21.6 Å². The summed E-state index contributed by atoms with van der Waals surface area (Å²) in [5.74, 6) is -2.02. The van der Waals surface area contributed by atoms with Crippen LogP contribution < -0.4 is 0 Å². The molecule has 0 aliphatic heterocycles. The van der Waals surface area contributed by atoms with Gasteiger partial charge in [0.25, 0.3) is 0 Å². The van der Waals surface area contributed by atoms with Gasteiger partial charge in [-0.15, -0.1) is 0 Å². The van der Waals surface area contributed by atoms with Crippen molar-refractivity contribution >= 4 is 17.7 Å². The molecule has 13 heavy (non-hydrogen) atoms. The lowest BCUT2D eigenvalue weighted by Gasteiger charge is -2.23. The third-order valence-electron chi connectivity index (χ3n) is 2.12. The van der Waals surface area contributed by atoms with E-state index < -0.39 is 11.2 Å². The molecule has 1 aliphatic carbocycles. The van der Waals surface area contributed by atoms with Crippen LogP contribution >= 0.6 is 11.8 Å². The first kappa shape index (κ1) is 10.8. The van der Waals surface area contributed by atoms with Crippen molar-refractivity contribution in [3.63, 3.8) is 0 Å². The Hall–Kier alpha value is -0.320.